The first-order valence-corrected chi connectivity index (χ1v) is 6.74. The maximum atomic E-state index is 12.1. The number of benzene rings is 1. The Morgan fingerprint density at radius 2 is 2.10 bits per heavy atom. The molecule has 0 atom stereocenters. The summed E-state index contributed by atoms with van der Waals surface area (Å²) in [6.07, 6.45) is 2.53. The average molecular weight is 276 g/mol. The van der Waals surface area contributed by atoms with Crippen LogP contribution in [0.15, 0.2) is 30.5 Å². The van der Waals surface area contributed by atoms with Gasteiger partial charge in [-0.05, 0) is 12.5 Å². The molecule has 1 aromatic heterocycles. The Bertz CT molecular complexity index is 551. The number of hydrogen-bond donors (Lipinski definition) is 2. The van der Waals surface area contributed by atoms with Crippen LogP contribution in [0.25, 0.3) is 10.9 Å². The molecule has 2 rings (SSSR count). The van der Waals surface area contributed by atoms with Crippen LogP contribution in [0.2, 0.25) is 0 Å². The number of para-hydroxylation sites is 1. The zero-order valence-electron chi connectivity index (χ0n) is 11.6. The number of ether oxygens (including phenoxy) is 2. The van der Waals surface area contributed by atoms with Gasteiger partial charge in [0, 0.05) is 37.4 Å². The zero-order valence-corrected chi connectivity index (χ0v) is 11.6. The summed E-state index contributed by atoms with van der Waals surface area (Å²) in [7, 11) is 1.64. The molecule has 1 heterocycles. The van der Waals surface area contributed by atoms with Crippen LogP contribution >= 0.6 is 0 Å². The van der Waals surface area contributed by atoms with Gasteiger partial charge in [0.15, 0.2) is 0 Å². The maximum Gasteiger partial charge on any atom is 0.253 e. The fourth-order valence-electron chi connectivity index (χ4n) is 1.98. The summed E-state index contributed by atoms with van der Waals surface area (Å²) in [6.45, 7) is 2.41. The van der Waals surface area contributed by atoms with Crippen molar-refractivity contribution in [2.24, 2.45) is 0 Å². The highest BCUT2D eigenvalue weighted by Gasteiger charge is 2.10. The molecule has 5 heteroatoms. The fourth-order valence-corrected chi connectivity index (χ4v) is 1.98. The lowest BCUT2D eigenvalue weighted by Crippen LogP contribution is -2.25. The van der Waals surface area contributed by atoms with Crippen molar-refractivity contribution in [2.75, 3.05) is 33.5 Å². The van der Waals surface area contributed by atoms with Crippen molar-refractivity contribution >= 4 is 16.8 Å². The van der Waals surface area contributed by atoms with Gasteiger partial charge in [-0.15, -0.1) is 0 Å². The molecular formula is C15H20N2O3. The molecule has 0 saturated heterocycles. The van der Waals surface area contributed by atoms with Crippen LogP contribution in [-0.4, -0.2) is 44.4 Å². The molecule has 0 unspecified atom stereocenters. The molecule has 0 aliphatic carbocycles. The van der Waals surface area contributed by atoms with E-state index in [4.69, 9.17) is 9.47 Å². The number of amides is 1. The van der Waals surface area contributed by atoms with Crippen LogP contribution in [0.4, 0.5) is 0 Å². The van der Waals surface area contributed by atoms with Gasteiger partial charge in [0.05, 0.1) is 18.8 Å². The minimum Gasteiger partial charge on any atom is -0.382 e. The Hall–Kier alpha value is -1.85. The van der Waals surface area contributed by atoms with E-state index in [0.29, 0.717) is 31.9 Å². The number of nitrogens with one attached hydrogen (secondary N) is 2. The van der Waals surface area contributed by atoms with Crippen molar-refractivity contribution in [3.8, 4) is 0 Å². The third-order valence-electron chi connectivity index (χ3n) is 3.02. The third kappa shape index (κ3) is 3.82. The second-order valence-electron chi connectivity index (χ2n) is 4.46. The van der Waals surface area contributed by atoms with Crippen molar-refractivity contribution in [3.05, 3.63) is 36.0 Å². The number of carbonyl (C=O) groups excluding carboxylic acids is 1. The molecule has 5 nitrogen and oxygen atoms in total. The van der Waals surface area contributed by atoms with Crippen molar-refractivity contribution in [1.29, 1.82) is 0 Å². The second-order valence-corrected chi connectivity index (χ2v) is 4.46. The lowest BCUT2D eigenvalue weighted by molar-refractivity contribution is 0.0688. The molecule has 0 fully saturated rings. The number of aromatic nitrogens is 1. The molecule has 1 aromatic carbocycles. The van der Waals surface area contributed by atoms with Gasteiger partial charge in [0.2, 0.25) is 0 Å². The van der Waals surface area contributed by atoms with Crippen LogP contribution in [0.1, 0.15) is 16.8 Å². The smallest absolute Gasteiger partial charge is 0.253 e. The van der Waals surface area contributed by atoms with E-state index in [1.165, 1.54) is 0 Å². The lowest BCUT2D eigenvalue weighted by Gasteiger charge is -2.05. The fraction of sp³-hybridized carbons (Fsp3) is 0.400. The van der Waals surface area contributed by atoms with Gasteiger partial charge in [-0.3, -0.25) is 4.79 Å². The molecule has 0 saturated carbocycles. The number of hydrogen-bond acceptors (Lipinski definition) is 3. The van der Waals surface area contributed by atoms with Crippen molar-refractivity contribution in [3.63, 3.8) is 0 Å². The zero-order chi connectivity index (χ0) is 14.2. The Kier molecular flexibility index (Phi) is 5.58. The highest BCUT2D eigenvalue weighted by atomic mass is 16.5. The van der Waals surface area contributed by atoms with E-state index in [-0.39, 0.29) is 5.91 Å². The first-order valence-electron chi connectivity index (χ1n) is 6.74. The molecular weight excluding hydrogens is 256 g/mol. The summed E-state index contributed by atoms with van der Waals surface area (Å²) in [5, 5.41) is 3.84. The Morgan fingerprint density at radius 1 is 1.25 bits per heavy atom. The van der Waals surface area contributed by atoms with Crippen LogP contribution in [0, 0.1) is 0 Å². The van der Waals surface area contributed by atoms with Crippen LogP contribution < -0.4 is 5.32 Å². The first kappa shape index (κ1) is 14.6. The lowest BCUT2D eigenvalue weighted by atomic mass is 10.1. The molecule has 0 bridgehead atoms. The van der Waals surface area contributed by atoms with E-state index < -0.39 is 0 Å². The predicted molar refractivity (Wildman–Crippen MR) is 77.9 cm³/mol. The van der Waals surface area contributed by atoms with Gasteiger partial charge >= 0.3 is 0 Å². The van der Waals surface area contributed by atoms with E-state index in [0.717, 1.165) is 17.3 Å². The number of aromatic amines is 1. The number of rotatable bonds is 8. The minimum absolute atomic E-state index is 0.0562. The number of methoxy groups -OCH3 is 1. The van der Waals surface area contributed by atoms with Crippen molar-refractivity contribution in [1.82, 2.24) is 10.3 Å². The number of H-pyrrole nitrogens is 1. The third-order valence-corrected chi connectivity index (χ3v) is 3.02. The van der Waals surface area contributed by atoms with E-state index in [1.54, 1.807) is 13.3 Å². The van der Waals surface area contributed by atoms with Crippen molar-refractivity contribution in [2.45, 2.75) is 6.42 Å². The molecule has 108 valence electrons. The Morgan fingerprint density at radius 3 is 2.95 bits per heavy atom. The first-order chi connectivity index (χ1) is 9.83. The summed E-state index contributed by atoms with van der Waals surface area (Å²) in [4.78, 5) is 15.2. The van der Waals surface area contributed by atoms with E-state index >= 15 is 0 Å². The summed E-state index contributed by atoms with van der Waals surface area (Å²) in [5.41, 5.74) is 1.65. The standard InChI is InChI=1S/C15H20N2O3/c1-19-9-10-20-8-4-7-16-15(18)13-11-17-14-6-3-2-5-12(13)14/h2-3,5-6,11,17H,4,7-10H2,1H3,(H,16,18). The molecule has 0 spiro atoms. The summed E-state index contributed by atoms with van der Waals surface area (Å²) in [5.74, 6) is -0.0562. The van der Waals surface area contributed by atoms with Crippen molar-refractivity contribution < 1.29 is 14.3 Å². The van der Waals surface area contributed by atoms with E-state index in [2.05, 4.69) is 10.3 Å². The summed E-state index contributed by atoms with van der Waals surface area (Å²) < 4.78 is 10.2. The SMILES string of the molecule is COCCOCCCNC(=O)c1c[nH]c2ccccc12. The predicted octanol–water partition coefficient (Wildman–Crippen LogP) is 1.95. The number of carbonyl (C=O) groups is 1. The Labute approximate surface area is 118 Å². The second kappa shape index (κ2) is 7.67. The molecule has 0 radical (unpaired) electrons. The monoisotopic (exact) mass is 276 g/mol. The van der Waals surface area contributed by atoms with E-state index in [1.807, 2.05) is 24.3 Å². The maximum absolute atomic E-state index is 12.1. The normalized spacial score (nSPS) is 10.8. The van der Waals surface area contributed by atoms with Crippen LogP contribution in [-0.2, 0) is 9.47 Å². The molecule has 0 aliphatic rings. The quantitative estimate of drug-likeness (QED) is 0.724. The van der Waals surface area contributed by atoms with Gasteiger partial charge < -0.3 is 19.8 Å². The average Bonchev–Trinajstić information content (AvgIpc) is 2.90. The molecule has 2 aromatic rings. The Balaban J connectivity index is 1.75. The molecule has 20 heavy (non-hydrogen) atoms. The van der Waals surface area contributed by atoms with Crippen LogP contribution in [0.5, 0.6) is 0 Å². The highest BCUT2D eigenvalue weighted by Crippen LogP contribution is 2.17. The van der Waals surface area contributed by atoms with Gasteiger partial charge in [-0.25, -0.2) is 0 Å². The van der Waals surface area contributed by atoms with Gasteiger partial charge in [-0.2, -0.15) is 0 Å². The minimum atomic E-state index is -0.0562. The number of fused-ring (bicyclic) bond motifs is 1. The largest absolute Gasteiger partial charge is 0.382 e. The van der Waals surface area contributed by atoms with Gasteiger partial charge in [0.1, 0.15) is 0 Å². The van der Waals surface area contributed by atoms with Gasteiger partial charge in [0.25, 0.3) is 5.91 Å². The molecule has 0 aliphatic heterocycles. The molecule has 2 N–H and O–H groups in total. The molecule has 1 amide bonds. The highest BCUT2D eigenvalue weighted by molar-refractivity contribution is 6.06. The van der Waals surface area contributed by atoms with E-state index in [9.17, 15) is 4.79 Å². The van der Waals surface area contributed by atoms with Crippen LogP contribution in [0.3, 0.4) is 0 Å². The summed E-state index contributed by atoms with van der Waals surface area (Å²) >= 11 is 0. The summed E-state index contributed by atoms with van der Waals surface area (Å²) in [6, 6.07) is 7.76. The topological polar surface area (TPSA) is 63.4 Å². The van der Waals surface area contributed by atoms with Gasteiger partial charge in [-0.1, -0.05) is 18.2 Å².